The molecule has 1 heterocycles. The summed E-state index contributed by atoms with van der Waals surface area (Å²) in [5, 5.41) is 3.06. The molecule has 0 atom stereocenters. The topological polar surface area (TPSA) is 79.4 Å². The highest BCUT2D eigenvalue weighted by Gasteiger charge is 2.26. The number of thiazole rings is 1. The Morgan fingerprint density at radius 1 is 1.13 bits per heavy atom. The maximum atomic E-state index is 14.3. The van der Waals surface area contributed by atoms with Gasteiger partial charge in [-0.3, -0.25) is 10.1 Å². The molecule has 0 bridgehead atoms. The highest BCUT2D eigenvalue weighted by atomic mass is 32.2. The SMILES string of the molecule is CCN(CC)S(=O)(=O)c1cc(C(=O)Nc2ncc(Cc3ccc(C)cc3)s2)ccc1F. The first kappa shape index (κ1) is 23.1. The van der Waals surface area contributed by atoms with Crippen molar-refractivity contribution in [2.45, 2.75) is 32.1 Å². The van der Waals surface area contributed by atoms with Gasteiger partial charge in [-0.05, 0) is 30.7 Å². The fraction of sp³-hybridized carbons (Fsp3) is 0.273. The summed E-state index contributed by atoms with van der Waals surface area (Å²) in [6.45, 7) is 5.78. The summed E-state index contributed by atoms with van der Waals surface area (Å²) in [5.41, 5.74) is 2.36. The Bertz CT molecular complexity index is 1170. The second-order valence-electron chi connectivity index (χ2n) is 6.98. The standard InChI is InChI=1S/C22H24FN3O3S2/c1-4-26(5-2)31(28,29)20-13-17(10-11-19(20)23)21(27)25-22-24-14-18(30-22)12-16-8-6-15(3)7-9-16/h6-11,13-14H,4-5,12H2,1-3H3,(H,24,25,27). The molecular weight excluding hydrogens is 437 g/mol. The maximum absolute atomic E-state index is 14.3. The highest BCUT2D eigenvalue weighted by molar-refractivity contribution is 7.89. The van der Waals surface area contributed by atoms with E-state index in [1.165, 1.54) is 23.0 Å². The number of benzene rings is 2. The van der Waals surface area contributed by atoms with Crippen molar-refractivity contribution in [2.75, 3.05) is 18.4 Å². The highest BCUT2D eigenvalue weighted by Crippen LogP contribution is 2.24. The molecule has 0 aliphatic rings. The molecule has 2 aromatic carbocycles. The largest absolute Gasteiger partial charge is 0.298 e. The number of amides is 1. The average molecular weight is 462 g/mol. The molecule has 3 aromatic rings. The van der Waals surface area contributed by atoms with Gasteiger partial charge in [0.05, 0.1) is 0 Å². The van der Waals surface area contributed by atoms with Crippen LogP contribution in [-0.4, -0.2) is 36.7 Å². The maximum Gasteiger partial charge on any atom is 0.257 e. The summed E-state index contributed by atoms with van der Waals surface area (Å²) in [7, 11) is -4.03. The van der Waals surface area contributed by atoms with E-state index in [1.807, 2.05) is 31.2 Å². The number of carbonyl (C=O) groups excluding carboxylic acids is 1. The van der Waals surface area contributed by atoms with Crippen molar-refractivity contribution < 1.29 is 17.6 Å². The summed E-state index contributed by atoms with van der Waals surface area (Å²) in [4.78, 5) is 17.3. The molecule has 1 aromatic heterocycles. The normalized spacial score (nSPS) is 11.6. The zero-order valence-electron chi connectivity index (χ0n) is 17.6. The lowest BCUT2D eigenvalue weighted by molar-refractivity contribution is 0.102. The third-order valence-electron chi connectivity index (χ3n) is 4.79. The summed E-state index contributed by atoms with van der Waals surface area (Å²) >= 11 is 1.34. The van der Waals surface area contributed by atoms with E-state index in [-0.39, 0.29) is 18.7 Å². The Kier molecular flexibility index (Phi) is 7.19. The molecule has 31 heavy (non-hydrogen) atoms. The molecule has 0 saturated carbocycles. The van der Waals surface area contributed by atoms with Crippen molar-refractivity contribution in [3.05, 3.63) is 76.0 Å². The van der Waals surface area contributed by atoms with Crippen LogP contribution in [0.25, 0.3) is 0 Å². The van der Waals surface area contributed by atoms with Gasteiger partial charge in [-0.15, -0.1) is 11.3 Å². The summed E-state index contributed by atoms with van der Waals surface area (Å²) in [6.07, 6.45) is 2.39. The number of nitrogens with one attached hydrogen (secondary N) is 1. The molecule has 1 N–H and O–H groups in total. The third-order valence-corrected chi connectivity index (χ3v) is 7.77. The summed E-state index contributed by atoms with van der Waals surface area (Å²) < 4.78 is 40.8. The quantitative estimate of drug-likeness (QED) is 0.537. The first-order valence-electron chi connectivity index (χ1n) is 9.86. The van der Waals surface area contributed by atoms with Gasteiger partial charge in [-0.1, -0.05) is 43.7 Å². The van der Waals surface area contributed by atoms with Crippen LogP contribution in [0.4, 0.5) is 9.52 Å². The number of aromatic nitrogens is 1. The van der Waals surface area contributed by atoms with E-state index in [0.29, 0.717) is 11.6 Å². The van der Waals surface area contributed by atoms with Gasteiger partial charge in [-0.25, -0.2) is 17.8 Å². The number of nitrogens with zero attached hydrogens (tertiary/aromatic N) is 2. The molecule has 1 amide bonds. The number of hydrogen-bond donors (Lipinski definition) is 1. The molecule has 0 saturated heterocycles. The van der Waals surface area contributed by atoms with Gasteiger partial charge in [0.25, 0.3) is 5.91 Å². The number of carbonyl (C=O) groups is 1. The van der Waals surface area contributed by atoms with E-state index in [9.17, 15) is 17.6 Å². The Morgan fingerprint density at radius 3 is 2.45 bits per heavy atom. The van der Waals surface area contributed by atoms with Crippen LogP contribution in [0.1, 0.15) is 40.2 Å². The zero-order valence-corrected chi connectivity index (χ0v) is 19.2. The van der Waals surface area contributed by atoms with Gasteiger partial charge in [-0.2, -0.15) is 4.31 Å². The van der Waals surface area contributed by atoms with Gasteiger partial charge in [0.1, 0.15) is 10.7 Å². The number of anilines is 1. The van der Waals surface area contributed by atoms with E-state index < -0.39 is 26.6 Å². The minimum atomic E-state index is -4.03. The van der Waals surface area contributed by atoms with Crippen LogP contribution in [0, 0.1) is 12.7 Å². The first-order valence-corrected chi connectivity index (χ1v) is 12.1. The van der Waals surface area contributed by atoms with Gasteiger partial charge < -0.3 is 0 Å². The molecule has 9 heteroatoms. The second kappa shape index (κ2) is 9.67. The minimum absolute atomic E-state index is 0.0439. The molecule has 0 radical (unpaired) electrons. The first-order chi connectivity index (χ1) is 14.7. The molecule has 6 nitrogen and oxygen atoms in total. The lowest BCUT2D eigenvalue weighted by Crippen LogP contribution is -2.31. The second-order valence-corrected chi connectivity index (χ2v) is 10.0. The number of aryl methyl sites for hydroxylation is 1. The third kappa shape index (κ3) is 5.36. The van der Waals surface area contributed by atoms with Crippen LogP contribution in [-0.2, 0) is 16.4 Å². The Hall–Kier alpha value is -2.62. The monoisotopic (exact) mass is 461 g/mol. The average Bonchev–Trinajstić information content (AvgIpc) is 3.17. The smallest absolute Gasteiger partial charge is 0.257 e. The molecule has 0 aliphatic carbocycles. The van der Waals surface area contributed by atoms with Crippen LogP contribution in [0.15, 0.2) is 53.6 Å². The number of sulfonamides is 1. The van der Waals surface area contributed by atoms with Crippen LogP contribution < -0.4 is 5.32 Å². The number of rotatable bonds is 8. The lowest BCUT2D eigenvalue weighted by Gasteiger charge is -2.19. The fourth-order valence-corrected chi connectivity index (χ4v) is 5.46. The van der Waals surface area contributed by atoms with E-state index in [0.717, 1.165) is 26.9 Å². The van der Waals surface area contributed by atoms with Crippen LogP contribution in [0.3, 0.4) is 0 Å². The molecule has 0 fully saturated rings. The molecule has 0 unspecified atom stereocenters. The predicted molar refractivity (Wildman–Crippen MR) is 121 cm³/mol. The lowest BCUT2D eigenvalue weighted by atomic mass is 10.1. The van der Waals surface area contributed by atoms with E-state index in [4.69, 9.17) is 0 Å². The van der Waals surface area contributed by atoms with E-state index in [2.05, 4.69) is 10.3 Å². The van der Waals surface area contributed by atoms with Gasteiger partial charge in [0.15, 0.2) is 5.13 Å². The fourth-order valence-electron chi connectivity index (χ4n) is 3.07. The number of halogens is 1. The van der Waals surface area contributed by atoms with Gasteiger partial charge in [0.2, 0.25) is 10.0 Å². The van der Waals surface area contributed by atoms with Crippen molar-refractivity contribution >= 4 is 32.4 Å². The Balaban J connectivity index is 1.77. The minimum Gasteiger partial charge on any atom is -0.298 e. The Labute approximate surface area is 185 Å². The van der Waals surface area contributed by atoms with Crippen molar-refractivity contribution in [3.63, 3.8) is 0 Å². The molecule has 0 aliphatic heterocycles. The molecular formula is C22H24FN3O3S2. The summed E-state index contributed by atoms with van der Waals surface area (Å²) in [6, 6.07) is 11.5. The Morgan fingerprint density at radius 2 is 1.81 bits per heavy atom. The van der Waals surface area contributed by atoms with Crippen LogP contribution >= 0.6 is 11.3 Å². The van der Waals surface area contributed by atoms with Crippen molar-refractivity contribution in [1.29, 1.82) is 0 Å². The van der Waals surface area contributed by atoms with E-state index >= 15 is 0 Å². The number of hydrogen-bond acceptors (Lipinski definition) is 5. The summed E-state index contributed by atoms with van der Waals surface area (Å²) in [5.74, 6) is -1.44. The molecule has 0 spiro atoms. The molecule has 3 rings (SSSR count). The van der Waals surface area contributed by atoms with Crippen molar-refractivity contribution in [3.8, 4) is 0 Å². The van der Waals surface area contributed by atoms with Crippen molar-refractivity contribution in [2.24, 2.45) is 0 Å². The molecule has 164 valence electrons. The van der Waals surface area contributed by atoms with Gasteiger partial charge in [0, 0.05) is 36.1 Å². The van der Waals surface area contributed by atoms with Gasteiger partial charge >= 0.3 is 0 Å². The van der Waals surface area contributed by atoms with Crippen LogP contribution in [0.5, 0.6) is 0 Å². The van der Waals surface area contributed by atoms with E-state index in [1.54, 1.807) is 20.0 Å². The van der Waals surface area contributed by atoms with Crippen LogP contribution in [0.2, 0.25) is 0 Å². The predicted octanol–water partition coefficient (Wildman–Crippen LogP) is 4.46. The van der Waals surface area contributed by atoms with Crippen molar-refractivity contribution in [1.82, 2.24) is 9.29 Å². The zero-order chi connectivity index (χ0) is 22.6.